The van der Waals surface area contributed by atoms with Gasteiger partial charge in [0, 0.05) is 6.42 Å². The van der Waals surface area contributed by atoms with Crippen LogP contribution in [0.5, 0.6) is 11.5 Å². The second-order valence-electron chi connectivity index (χ2n) is 10.7. The van der Waals surface area contributed by atoms with E-state index in [2.05, 4.69) is 67.5 Å². The maximum Gasteiger partial charge on any atom is 0.311 e. The highest BCUT2D eigenvalue weighted by Crippen LogP contribution is 2.35. The van der Waals surface area contributed by atoms with Crippen molar-refractivity contribution in [2.24, 2.45) is 0 Å². The van der Waals surface area contributed by atoms with E-state index >= 15 is 0 Å². The predicted molar refractivity (Wildman–Crippen MR) is 141 cm³/mol. The average molecular weight is 483 g/mol. The van der Waals surface area contributed by atoms with Gasteiger partial charge in [-0.1, -0.05) is 67.5 Å². The molecule has 5 heteroatoms. The van der Waals surface area contributed by atoms with E-state index < -0.39 is 5.97 Å². The molecule has 0 radical (unpaired) electrons. The van der Waals surface area contributed by atoms with E-state index in [1.54, 1.807) is 6.07 Å². The van der Waals surface area contributed by atoms with Gasteiger partial charge in [-0.05, 0) is 82.0 Å². The lowest BCUT2D eigenvalue weighted by atomic mass is 9.87. The van der Waals surface area contributed by atoms with Crippen molar-refractivity contribution in [2.75, 3.05) is 0 Å². The topological polar surface area (TPSA) is 83.8 Å². The Kier molecular flexibility index (Phi) is 9.93. The van der Waals surface area contributed by atoms with Crippen LogP contribution in [-0.2, 0) is 22.4 Å². The number of hydrogen-bond donors (Lipinski definition) is 2. The van der Waals surface area contributed by atoms with Crippen LogP contribution >= 0.6 is 0 Å². The maximum atomic E-state index is 11.3. The quantitative estimate of drug-likeness (QED) is 0.316. The fourth-order valence-electron chi connectivity index (χ4n) is 4.47. The van der Waals surface area contributed by atoms with E-state index in [1.165, 1.54) is 22.3 Å². The van der Waals surface area contributed by atoms with Crippen LogP contribution in [0.1, 0.15) is 125 Å². The van der Waals surface area contributed by atoms with Crippen LogP contribution in [0.3, 0.4) is 0 Å². The van der Waals surface area contributed by atoms with Crippen molar-refractivity contribution in [3.05, 3.63) is 57.6 Å². The second-order valence-corrected chi connectivity index (χ2v) is 10.7. The fourth-order valence-corrected chi connectivity index (χ4v) is 4.47. The first-order valence-electron chi connectivity index (χ1n) is 12.8. The highest BCUT2D eigenvalue weighted by atomic mass is 16.5. The van der Waals surface area contributed by atoms with Gasteiger partial charge in [0.05, 0.1) is 6.42 Å². The maximum absolute atomic E-state index is 11.3. The van der Waals surface area contributed by atoms with Gasteiger partial charge >= 0.3 is 11.9 Å². The molecule has 0 fully saturated rings. The summed E-state index contributed by atoms with van der Waals surface area (Å²) in [5.41, 5.74) is 6.93. The van der Waals surface area contributed by atoms with Crippen molar-refractivity contribution in [3.8, 4) is 11.5 Å². The molecule has 0 aliphatic carbocycles. The Morgan fingerprint density at radius 2 is 1.29 bits per heavy atom. The van der Waals surface area contributed by atoms with Gasteiger partial charge < -0.3 is 14.9 Å². The summed E-state index contributed by atoms with van der Waals surface area (Å²) in [4.78, 5) is 21.9. The SMILES string of the molecule is CC(C)c1cc(O)c(CCC(=O)O)cc1C(C)C.CC(C)c1cc2c(cc1C(C)C)OC(=O)CC2. The van der Waals surface area contributed by atoms with Crippen molar-refractivity contribution < 1.29 is 24.5 Å². The molecule has 0 bridgehead atoms. The molecule has 2 aromatic carbocycles. The van der Waals surface area contributed by atoms with Gasteiger partial charge in [-0.3, -0.25) is 9.59 Å². The number of ether oxygens (including phenoxy) is 1. The predicted octanol–water partition coefficient (Wildman–Crippen LogP) is 7.44. The first-order valence-corrected chi connectivity index (χ1v) is 12.8. The van der Waals surface area contributed by atoms with Crippen LogP contribution in [0.2, 0.25) is 0 Å². The zero-order valence-electron chi connectivity index (χ0n) is 22.6. The average Bonchev–Trinajstić information content (AvgIpc) is 2.76. The smallest absolute Gasteiger partial charge is 0.311 e. The van der Waals surface area contributed by atoms with Gasteiger partial charge in [-0.25, -0.2) is 0 Å². The monoisotopic (exact) mass is 482 g/mol. The molecule has 0 spiro atoms. The van der Waals surface area contributed by atoms with E-state index in [-0.39, 0.29) is 18.1 Å². The Hall–Kier alpha value is -2.82. The van der Waals surface area contributed by atoms with Crippen molar-refractivity contribution >= 4 is 11.9 Å². The van der Waals surface area contributed by atoms with Crippen LogP contribution in [-0.4, -0.2) is 22.2 Å². The van der Waals surface area contributed by atoms with Crippen LogP contribution in [0.25, 0.3) is 0 Å². The molecule has 0 aromatic heterocycles. The highest BCUT2D eigenvalue weighted by molar-refractivity contribution is 5.75. The number of rotatable bonds is 7. The summed E-state index contributed by atoms with van der Waals surface area (Å²) in [5, 5.41) is 18.7. The Labute approximate surface area is 210 Å². The summed E-state index contributed by atoms with van der Waals surface area (Å²) >= 11 is 0. The number of benzene rings is 2. The normalized spacial score (nSPS) is 13.1. The number of esters is 1. The molecular formula is C30H42O5. The zero-order chi connectivity index (χ0) is 26.4. The molecule has 1 heterocycles. The summed E-state index contributed by atoms with van der Waals surface area (Å²) in [6, 6.07) is 8.03. The first-order chi connectivity index (χ1) is 16.3. The molecule has 0 saturated heterocycles. The first kappa shape index (κ1) is 28.4. The molecule has 0 atom stereocenters. The molecular weight excluding hydrogens is 440 g/mol. The van der Waals surface area contributed by atoms with E-state index in [0.717, 1.165) is 23.3 Å². The minimum absolute atomic E-state index is 0.0477. The lowest BCUT2D eigenvalue weighted by molar-refractivity contribution is -0.137. The number of hydrogen-bond acceptors (Lipinski definition) is 4. The zero-order valence-corrected chi connectivity index (χ0v) is 22.6. The van der Waals surface area contributed by atoms with E-state index in [9.17, 15) is 14.7 Å². The van der Waals surface area contributed by atoms with Crippen molar-refractivity contribution in [1.82, 2.24) is 0 Å². The van der Waals surface area contributed by atoms with Crippen LogP contribution in [0, 0.1) is 0 Å². The minimum Gasteiger partial charge on any atom is -0.508 e. The number of fused-ring (bicyclic) bond motifs is 1. The number of aliphatic carboxylic acids is 1. The third-order valence-corrected chi connectivity index (χ3v) is 6.47. The van der Waals surface area contributed by atoms with Gasteiger partial charge in [-0.15, -0.1) is 0 Å². The minimum atomic E-state index is -0.839. The molecule has 2 N–H and O–H groups in total. The Bertz CT molecular complexity index is 1050. The lowest BCUT2D eigenvalue weighted by Gasteiger charge is -2.22. The molecule has 2 aromatic rings. The molecule has 192 valence electrons. The summed E-state index contributed by atoms with van der Waals surface area (Å²) in [7, 11) is 0. The van der Waals surface area contributed by atoms with Gasteiger partial charge in [0.2, 0.25) is 0 Å². The third kappa shape index (κ3) is 7.58. The van der Waals surface area contributed by atoms with Crippen molar-refractivity contribution in [3.63, 3.8) is 0 Å². The number of carbonyl (C=O) groups is 2. The molecule has 1 aliphatic rings. The summed E-state index contributed by atoms with van der Waals surface area (Å²) in [6.45, 7) is 17.2. The van der Waals surface area contributed by atoms with Crippen LogP contribution in [0.4, 0.5) is 0 Å². The van der Waals surface area contributed by atoms with Gasteiger partial charge in [-0.2, -0.15) is 0 Å². The van der Waals surface area contributed by atoms with E-state index in [4.69, 9.17) is 9.84 Å². The third-order valence-electron chi connectivity index (χ3n) is 6.47. The number of phenols is 1. The van der Waals surface area contributed by atoms with Gasteiger partial charge in [0.15, 0.2) is 0 Å². The van der Waals surface area contributed by atoms with Gasteiger partial charge in [0.1, 0.15) is 11.5 Å². The summed E-state index contributed by atoms with van der Waals surface area (Å²) in [6.07, 6.45) is 1.74. The standard InChI is InChI=1S/C15H22O3.C15H20O2/c1-9(2)12-7-11(5-6-15(17)18)14(16)8-13(12)10(3)4;1-9(2)12-7-11-5-6-15(16)17-14(11)8-13(12)10(3)4/h7-10,16H,5-6H2,1-4H3,(H,17,18);7-10H,5-6H2,1-4H3. The Morgan fingerprint density at radius 1 is 0.800 bits per heavy atom. The molecule has 0 amide bonds. The highest BCUT2D eigenvalue weighted by Gasteiger charge is 2.21. The fraction of sp³-hybridized carbons (Fsp3) is 0.533. The lowest BCUT2D eigenvalue weighted by Crippen LogP contribution is -2.17. The molecule has 5 nitrogen and oxygen atoms in total. The Morgan fingerprint density at radius 3 is 1.80 bits per heavy atom. The van der Waals surface area contributed by atoms with Crippen molar-refractivity contribution in [2.45, 2.75) is 105 Å². The van der Waals surface area contributed by atoms with E-state index in [0.29, 0.717) is 36.5 Å². The number of carbonyl (C=O) groups excluding carboxylic acids is 1. The van der Waals surface area contributed by atoms with E-state index in [1.807, 2.05) is 6.07 Å². The molecule has 35 heavy (non-hydrogen) atoms. The Balaban J connectivity index is 0.000000247. The molecule has 0 unspecified atom stereocenters. The number of carboxylic acid groups (broad SMARTS) is 1. The molecule has 3 rings (SSSR count). The summed E-state index contributed by atoms with van der Waals surface area (Å²) < 4.78 is 5.32. The number of aromatic hydroxyl groups is 1. The number of phenolic OH excluding ortho intramolecular Hbond substituents is 1. The molecule has 1 aliphatic heterocycles. The molecule has 0 saturated carbocycles. The van der Waals surface area contributed by atoms with Crippen LogP contribution < -0.4 is 4.74 Å². The number of carboxylic acids is 1. The van der Waals surface area contributed by atoms with Crippen molar-refractivity contribution in [1.29, 1.82) is 0 Å². The second kappa shape index (κ2) is 12.2. The largest absolute Gasteiger partial charge is 0.508 e. The van der Waals surface area contributed by atoms with Gasteiger partial charge in [0.25, 0.3) is 0 Å². The number of aryl methyl sites for hydroxylation is 2. The summed E-state index contributed by atoms with van der Waals surface area (Å²) in [5.74, 6) is 1.72. The van der Waals surface area contributed by atoms with Crippen LogP contribution in [0.15, 0.2) is 24.3 Å².